The van der Waals surface area contributed by atoms with Gasteiger partial charge in [0.25, 0.3) is 12.3 Å². The Morgan fingerprint density at radius 2 is 2.04 bits per heavy atom. The smallest absolute Gasteiger partial charge is 0.274 e. The van der Waals surface area contributed by atoms with Crippen molar-refractivity contribution in [1.29, 1.82) is 0 Å². The van der Waals surface area contributed by atoms with E-state index in [2.05, 4.69) is 5.10 Å². The molecular formula is C16H16Cl2F3N3O2. The van der Waals surface area contributed by atoms with Crippen LogP contribution in [0.4, 0.5) is 13.2 Å². The van der Waals surface area contributed by atoms with Gasteiger partial charge in [-0.15, -0.1) is 0 Å². The highest BCUT2D eigenvalue weighted by Gasteiger charge is 2.33. The number of carbonyl (C=O) groups excluding carboxylic acids is 1. The molecule has 1 aromatic heterocycles. The summed E-state index contributed by atoms with van der Waals surface area (Å²) in [6.45, 7) is 1.61. The third-order valence-corrected chi connectivity index (χ3v) is 4.34. The van der Waals surface area contributed by atoms with Gasteiger partial charge in [0.1, 0.15) is 11.3 Å². The molecule has 2 aromatic rings. The van der Waals surface area contributed by atoms with Crippen molar-refractivity contribution in [3.05, 3.63) is 51.0 Å². The average molecular weight is 410 g/mol. The van der Waals surface area contributed by atoms with Gasteiger partial charge < -0.3 is 0 Å². The van der Waals surface area contributed by atoms with Gasteiger partial charge in [-0.25, -0.2) is 18.5 Å². The van der Waals surface area contributed by atoms with Crippen LogP contribution in [-0.4, -0.2) is 33.9 Å². The lowest BCUT2D eigenvalue weighted by molar-refractivity contribution is -0.119. The molecule has 0 bridgehead atoms. The Hall–Kier alpha value is -1.77. The molecule has 0 aliphatic carbocycles. The number of nitrogens with zero attached hydrogens (tertiary/aromatic N) is 3. The van der Waals surface area contributed by atoms with E-state index in [0.29, 0.717) is 20.3 Å². The molecule has 0 fully saturated rings. The summed E-state index contributed by atoms with van der Waals surface area (Å²) < 4.78 is 40.9. The Labute approximate surface area is 158 Å². The van der Waals surface area contributed by atoms with E-state index >= 15 is 0 Å². The number of halogens is 5. The fourth-order valence-corrected chi connectivity index (χ4v) is 3.02. The SMILES string of the molecule is CON(C(=O)c1c(C(F)F)nn(C)c1F)[C@H](C)Cc1ccc(Cl)cc1Cl. The van der Waals surface area contributed by atoms with Crippen LogP contribution >= 0.6 is 23.2 Å². The molecule has 1 atom stereocenters. The van der Waals surface area contributed by atoms with Gasteiger partial charge in [-0.05, 0) is 31.0 Å². The van der Waals surface area contributed by atoms with Crippen LogP contribution in [0, 0.1) is 5.95 Å². The minimum atomic E-state index is -3.11. The van der Waals surface area contributed by atoms with E-state index in [4.69, 9.17) is 28.0 Å². The molecule has 1 amide bonds. The molecule has 1 heterocycles. The van der Waals surface area contributed by atoms with Crippen molar-refractivity contribution in [2.45, 2.75) is 25.8 Å². The maximum Gasteiger partial charge on any atom is 0.284 e. The zero-order valence-corrected chi connectivity index (χ0v) is 15.7. The fraction of sp³-hybridized carbons (Fsp3) is 0.375. The van der Waals surface area contributed by atoms with E-state index in [0.717, 1.165) is 12.1 Å². The Balaban J connectivity index is 2.31. The quantitative estimate of drug-likeness (QED) is 0.662. The van der Waals surface area contributed by atoms with E-state index < -0.39 is 35.6 Å². The lowest BCUT2D eigenvalue weighted by Crippen LogP contribution is -2.39. The Morgan fingerprint density at radius 1 is 1.38 bits per heavy atom. The minimum Gasteiger partial charge on any atom is -0.274 e. The van der Waals surface area contributed by atoms with E-state index in [1.165, 1.54) is 7.11 Å². The summed E-state index contributed by atoms with van der Waals surface area (Å²) in [4.78, 5) is 17.7. The van der Waals surface area contributed by atoms with Crippen LogP contribution in [0.2, 0.25) is 10.0 Å². The number of rotatable bonds is 6. The van der Waals surface area contributed by atoms with Crippen molar-refractivity contribution in [2.24, 2.45) is 7.05 Å². The molecule has 0 radical (unpaired) electrons. The zero-order chi connectivity index (χ0) is 19.6. The number of aromatic nitrogens is 2. The molecule has 0 aliphatic rings. The molecule has 0 spiro atoms. The van der Waals surface area contributed by atoms with Crippen molar-refractivity contribution < 1.29 is 22.8 Å². The highest BCUT2D eigenvalue weighted by molar-refractivity contribution is 6.35. The van der Waals surface area contributed by atoms with Crippen molar-refractivity contribution in [1.82, 2.24) is 14.8 Å². The standard InChI is InChI=1S/C16H16Cl2F3N3O2/c1-8(6-9-4-5-10(17)7-11(9)18)24(26-3)16(25)12-13(14(19)20)22-23(2)15(12)21/h4-5,7-8,14H,6H2,1-3H3/t8-/m1/s1. The monoisotopic (exact) mass is 409 g/mol. The molecule has 0 N–H and O–H groups in total. The van der Waals surface area contributed by atoms with Gasteiger partial charge in [0.2, 0.25) is 5.95 Å². The normalized spacial score (nSPS) is 12.5. The van der Waals surface area contributed by atoms with Crippen LogP contribution in [-0.2, 0) is 18.3 Å². The Kier molecular flexibility index (Phi) is 6.54. The molecule has 10 heteroatoms. The number of alkyl halides is 2. The van der Waals surface area contributed by atoms with Gasteiger partial charge in [0.05, 0.1) is 13.2 Å². The second-order valence-corrected chi connectivity index (χ2v) is 6.42. The molecule has 0 saturated heterocycles. The fourth-order valence-electron chi connectivity index (χ4n) is 2.54. The van der Waals surface area contributed by atoms with Crippen molar-refractivity contribution in [2.75, 3.05) is 7.11 Å². The second-order valence-electron chi connectivity index (χ2n) is 5.58. The largest absolute Gasteiger partial charge is 0.284 e. The summed E-state index contributed by atoms with van der Waals surface area (Å²) in [7, 11) is 2.32. The van der Waals surface area contributed by atoms with Gasteiger partial charge in [-0.3, -0.25) is 9.63 Å². The molecule has 0 aliphatic heterocycles. The third-order valence-electron chi connectivity index (χ3n) is 3.75. The Bertz CT molecular complexity index is 814. The first kappa shape index (κ1) is 20.5. The highest BCUT2D eigenvalue weighted by atomic mass is 35.5. The van der Waals surface area contributed by atoms with Crippen LogP contribution in [0.1, 0.15) is 35.0 Å². The topological polar surface area (TPSA) is 47.4 Å². The summed E-state index contributed by atoms with van der Waals surface area (Å²) in [5, 5.41) is 5.02. The zero-order valence-electron chi connectivity index (χ0n) is 14.1. The van der Waals surface area contributed by atoms with E-state index in [9.17, 15) is 18.0 Å². The van der Waals surface area contributed by atoms with Crippen molar-refractivity contribution in [3.8, 4) is 0 Å². The molecular weight excluding hydrogens is 394 g/mol. The lowest BCUT2D eigenvalue weighted by atomic mass is 10.1. The summed E-state index contributed by atoms with van der Waals surface area (Å²) in [5.74, 6) is -2.21. The number of benzene rings is 1. The number of aryl methyl sites for hydroxylation is 1. The minimum absolute atomic E-state index is 0.238. The third kappa shape index (κ3) is 4.13. The Morgan fingerprint density at radius 3 is 2.58 bits per heavy atom. The second kappa shape index (κ2) is 8.28. The lowest BCUT2D eigenvalue weighted by Gasteiger charge is -2.27. The van der Waals surface area contributed by atoms with Gasteiger partial charge >= 0.3 is 0 Å². The van der Waals surface area contributed by atoms with Crippen LogP contribution in [0.5, 0.6) is 0 Å². The molecule has 0 saturated carbocycles. The van der Waals surface area contributed by atoms with Gasteiger partial charge in [-0.2, -0.15) is 9.49 Å². The number of carbonyl (C=O) groups is 1. The molecule has 2 rings (SSSR count). The molecule has 5 nitrogen and oxygen atoms in total. The first-order valence-corrected chi connectivity index (χ1v) is 8.25. The average Bonchev–Trinajstić information content (AvgIpc) is 2.86. The summed E-state index contributed by atoms with van der Waals surface area (Å²) in [5.41, 5.74) is -1.09. The van der Waals surface area contributed by atoms with Crippen LogP contribution in [0.15, 0.2) is 18.2 Å². The number of hydrogen-bond donors (Lipinski definition) is 0. The maximum atomic E-state index is 14.2. The predicted octanol–water partition coefficient (Wildman–Crippen LogP) is 4.44. The summed E-state index contributed by atoms with van der Waals surface area (Å²) >= 11 is 12.0. The molecule has 142 valence electrons. The molecule has 1 aromatic carbocycles. The van der Waals surface area contributed by atoms with Crippen molar-refractivity contribution in [3.63, 3.8) is 0 Å². The number of hydroxylamine groups is 2. The maximum absolute atomic E-state index is 14.2. The van der Waals surface area contributed by atoms with Gasteiger partial charge in [-0.1, -0.05) is 29.3 Å². The van der Waals surface area contributed by atoms with E-state index in [-0.39, 0.29) is 6.42 Å². The van der Waals surface area contributed by atoms with Crippen LogP contribution in [0.25, 0.3) is 0 Å². The van der Waals surface area contributed by atoms with Crippen LogP contribution in [0.3, 0.4) is 0 Å². The highest BCUT2D eigenvalue weighted by Crippen LogP contribution is 2.27. The van der Waals surface area contributed by atoms with Gasteiger partial charge in [0.15, 0.2) is 0 Å². The van der Waals surface area contributed by atoms with Crippen molar-refractivity contribution >= 4 is 29.1 Å². The first-order valence-electron chi connectivity index (χ1n) is 7.49. The summed E-state index contributed by atoms with van der Waals surface area (Å²) in [6, 6.07) is 4.22. The van der Waals surface area contributed by atoms with E-state index in [1.807, 2.05) is 0 Å². The number of amides is 1. The van der Waals surface area contributed by atoms with Crippen LogP contribution < -0.4 is 0 Å². The van der Waals surface area contributed by atoms with E-state index in [1.54, 1.807) is 25.1 Å². The number of hydrogen-bond acceptors (Lipinski definition) is 3. The first-order chi connectivity index (χ1) is 12.2. The molecule has 0 unspecified atom stereocenters. The molecule has 26 heavy (non-hydrogen) atoms. The van der Waals surface area contributed by atoms with Gasteiger partial charge in [0, 0.05) is 17.1 Å². The summed E-state index contributed by atoms with van der Waals surface area (Å²) in [6.07, 6.45) is -2.87. The predicted molar refractivity (Wildman–Crippen MR) is 90.9 cm³/mol.